The van der Waals surface area contributed by atoms with Gasteiger partial charge >= 0.3 is 0 Å². The van der Waals surface area contributed by atoms with E-state index in [1.807, 2.05) is 43.6 Å². The number of carbonyl (C=O) groups is 2. The number of pyridine rings is 1. The van der Waals surface area contributed by atoms with Gasteiger partial charge in [-0.25, -0.2) is 0 Å². The van der Waals surface area contributed by atoms with Crippen LogP contribution in [0.3, 0.4) is 0 Å². The molecule has 0 radical (unpaired) electrons. The van der Waals surface area contributed by atoms with Crippen molar-refractivity contribution in [3.63, 3.8) is 0 Å². The monoisotopic (exact) mass is 453 g/mol. The molecule has 0 spiro atoms. The molecule has 0 saturated carbocycles. The summed E-state index contributed by atoms with van der Waals surface area (Å²) in [6.45, 7) is 3.21. The lowest BCUT2D eigenvalue weighted by Gasteiger charge is -2.46. The molecule has 0 N–H and O–H groups in total. The highest BCUT2D eigenvalue weighted by Gasteiger charge is 2.42. The van der Waals surface area contributed by atoms with E-state index in [0.717, 1.165) is 40.6 Å². The molecule has 172 valence electrons. The first-order valence-electron chi connectivity index (χ1n) is 11.7. The minimum absolute atomic E-state index is 0.0362. The van der Waals surface area contributed by atoms with Gasteiger partial charge in [-0.2, -0.15) is 0 Å². The molecular formula is C27H27N5O2. The van der Waals surface area contributed by atoms with Crippen molar-refractivity contribution in [2.45, 2.75) is 19.1 Å². The molecule has 0 aliphatic carbocycles. The van der Waals surface area contributed by atoms with Gasteiger partial charge in [0.1, 0.15) is 12.6 Å². The third-order valence-corrected chi connectivity index (χ3v) is 7.24. The summed E-state index contributed by atoms with van der Waals surface area (Å²) in [5.41, 5.74) is 4.33. The molecule has 2 saturated heterocycles. The molecule has 2 aromatic heterocycles. The largest absolute Gasteiger partial charge is 0.346 e. The summed E-state index contributed by atoms with van der Waals surface area (Å²) < 4.78 is 2.11. The van der Waals surface area contributed by atoms with Crippen molar-refractivity contribution >= 4 is 33.6 Å². The maximum Gasteiger partial charge on any atom is 0.247 e. The Morgan fingerprint density at radius 1 is 0.971 bits per heavy atom. The van der Waals surface area contributed by atoms with Gasteiger partial charge in [0.25, 0.3) is 0 Å². The fourth-order valence-corrected chi connectivity index (χ4v) is 5.41. The van der Waals surface area contributed by atoms with Crippen LogP contribution >= 0.6 is 0 Å². The molecule has 2 amide bonds. The lowest BCUT2D eigenvalue weighted by molar-refractivity contribution is -0.160. The van der Waals surface area contributed by atoms with Crippen LogP contribution in [-0.4, -0.2) is 68.3 Å². The summed E-state index contributed by atoms with van der Waals surface area (Å²) in [5, 5.41) is 2.28. The van der Waals surface area contributed by atoms with E-state index in [9.17, 15) is 9.59 Å². The number of benzene rings is 2. The van der Waals surface area contributed by atoms with E-state index in [1.54, 1.807) is 9.80 Å². The minimum Gasteiger partial charge on any atom is -0.346 e. The predicted molar refractivity (Wildman–Crippen MR) is 131 cm³/mol. The molecule has 2 fully saturated rings. The number of piperazine rings is 2. The Morgan fingerprint density at radius 3 is 2.74 bits per heavy atom. The Labute approximate surface area is 198 Å². The molecule has 34 heavy (non-hydrogen) atoms. The molecule has 1 atom stereocenters. The second-order valence-corrected chi connectivity index (χ2v) is 9.27. The van der Waals surface area contributed by atoms with E-state index in [4.69, 9.17) is 0 Å². The van der Waals surface area contributed by atoms with Gasteiger partial charge in [-0.15, -0.1) is 0 Å². The van der Waals surface area contributed by atoms with Gasteiger partial charge in [-0.1, -0.05) is 36.4 Å². The Kier molecular flexibility index (Phi) is 5.07. The summed E-state index contributed by atoms with van der Waals surface area (Å²) in [5.74, 6) is 0.0755. The van der Waals surface area contributed by atoms with Crippen LogP contribution in [0.2, 0.25) is 0 Å². The normalized spacial score (nSPS) is 19.3. The van der Waals surface area contributed by atoms with Crippen molar-refractivity contribution in [1.29, 1.82) is 0 Å². The Bertz CT molecular complexity index is 1410. The average Bonchev–Trinajstić information content (AvgIpc) is 3.18. The topological polar surface area (TPSA) is 61.7 Å². The first kappa shape index (κ1) is 20.9. The third-order valence-electron chi connectivity index (χ3n) is 7.24. The summed E-state index contributed by atoms with van der Waals surface area (Å²) in [6, 6.07) is 20.1. The van der Waals surface area contributed by atoms with Crippen molar-refractivity contribution in [2.75, 3.05) is 26.2 Å². The number of nitrogens with zero attached hydrogens (tertiary/aromatic N) is 5. The smallest absolute Gasteiger partial charge is 0.247 e. The van der Waals surface area contributed by atoms with Crippen LogP contribution in [0.5, 0.6) is 0 Å². The highest BCUT2D eigenvalue weighted by molar-refractivity contribution is 5.95. The lowest BCUT2D eigenvalue weighted by Crippen LogP contribution is -2.66. The molecule has 2 aliphatic rings. The number of hydrogen-bond acceptors (Lipinski definition) is 4. The fourth-order valence-electron chi connectivity index (χ4n) is 5.41. The Balaban J connectivity index is 1.22. The van der Waals surface area contributed by atoms with Gasteiger partial charge in [0.2, 0.25) is 11.8 Å². The van der Waals surface area contributed by atoms with Crippen LogP contribution in [-0.2, 0) is 29.7 Å². The zero-order valence-corrected chi connectivity index (χ0v) is 19.2. The van der Waals surface area contributed by atoms with E-state index < -0.39 is 6.04 Å². The van der Waals surface area contributed by atoms with E-state index in [2.05, 4.69) is 44.8 Å². The first-order chi connectivity index (χ1) is 16.6. The van der Waals surface area contributed by atoms with Crippen LogP contribution in [0.4, 0.5) is 0 Å². The maximum absolute atomic E-state index is 13.5. The van der Waals surface area contributed by atoms with Gasteiger partial charge in [-0.3, -0.25) is 19.5 Å². The van der Waals surface area contributed by atoms with Crippen LogP contribution in [0.15, 0.2) is 66.9 Å². The number of aryl methyl sites for hydroxylation is 1. The maximum atomic E-state index is 13.5. The SMILES string of the molecule is Cn1c(CN2CC(=O)N3CCN(Cc4cccc5ncccc45)CC3C2=O)cc2ccccc21. The predicted octanol–water partition coefficient (Wildman–Crippen LogP) is 2.78. The third kappa shape index (κ3) is 3.53. The Hall–Kier alpha value is -3.71. The number of rotatable bonds is 4. The second-order valence-electron chi connectivity index (χ2n) is 9.27. The van der Waals surface area contributed by atoms with Gasteiger partial charge in [0.15, 0.2) is 0 Å². The molecule has 4 heterocycles. The van der Waals surface area contributed by atoms with Crippen molar-refractivity contribution in [2.24, 2.45) is 7.05 Å². The number of aromatic nitrogens is 2. The zero-order valence-electron chi connectivity index (χ0n) is 19.2. The fraction of sp³-hybridized carbons (Fsp3) is 0.296. The van der Waals surface area contributed by atoms with Crippen LogP contribution in [0, 0.1) is 0 Å². The first-order valence-corrected chi connectivity index (χ1v) is 11.7. The van der Waals surface area contributed by atoms with E-state index in [0.29, 0.717) is 19.6 Å². The summed E-state index contributed by atoms with van der Waals surface area (Å²) in [4.78, 5) is 36.8. The second kappa shape index (κ2) is 8.25. The van der Waals surface area contributed by atoms with Gasteiger partial charge < -0.3 is 14.4 Å². The van der Waals surface area contributed by atoms with Gasteiger partial charge in [-0.05, 0) is 35.2 Å². The van der Waals surface area contributed by atoms with Gasteiger partial charge in [0, 0.05) is 56.0 Å². The van der Waals surface area contributed by atoms with Crippen LogP contribution in [0.25, 0.3) is 21.8 Å². The molecule has 1 unspecified atom stereocenters. The van der Waals surface area contributed by atoms with Crippen LogP contribution in [0.1, 0.15) is 11.3 Å². The number of hydrogen-bond donors (Lipinski definition) is 0. The number of fused-ring (bicyclic) bond motifs is 3. The number of carbonyl (C=O) groups excluding carboxylic acids is 2. The van der Waals surface area contributed by atoms with Crippen molar-refractivity contribution < 1.29 is 9.59 Å². The van der Waals surface area contributed by atoms with Crippen molar-refractivity contribution in [3.8, 4) is 0 Å². The number of para-hydroxylation sites is 1. The zero-order chi connectivity index (χ0) is 23.2. The lowest BCUT2D eigenvalue weighted by atomic mass is 10.0. The molecule has 7 nitrogen and oxygen atoms in total. The number of amides is 2. The van der Waals surface area contributed by atoms with Crippen LogP contribution < -0.4 is 0 Å². The average molecular weight is 454 g/mol. The molecule has 2 aliphatic heterocycles. The minimum atomic E-state index is -0.433. The van der Waals surface area contributed by atoms with Crippen molar-refractivity contribution in [1.82, 2.24) is 24.3 Å². The quantitative estimate of drug-likeness (QED) is 0.477. The van der Waals surface area contributed by atoms with Crippen molar-refractivity contribution in [3.05, 3.63) is 78.1 Å². The summed E-state index contributed by atoms with van der Waals surface area (Å²) >= 11 is 0. The molecular weight excluding hydrogens is 426 g/mol. The van der Waals surface area contributed by atoms with E-state index in [-0.39, 0.29) is 18.4 Å². The molecule has 0 bridgehead atoms. The highest BCUT2D eigenvalue weighted by atomic mass is 16.2. The molecule has 2 aromatic carbocycles. The molecule has 7 heteroatoms. The molecule has 4 aromatic rings. The molecule has 6 rings (SSSR count). The standard InChI is InChI=1S/C27H27N5O2/c1-29-21(14-19-6-2-3-10-24(19)29)16-31-18-26(33)32-13-12-30(17-25(32)27(31)34)15-20-7-4-9-23-22(20)8-5-11-28-23/h2-11,14,25H,12-13,15-18H2,1H3. The summed E-state index contributed by atoms with van der Waals surface area (Å²) in [6.07, 6.45) is 1.81. The van der Waals surface area contributed by atoms with E-state index >= 15 is 0 Å². The van der Waals surface area contributed by atoms with Gasteiger partial charge in [0.05, 0.1) is 12.1 Å². The van der Waals surface area contributed by atoms with E-state index in [1.165, 1.54) is 5.56 Å². The Morgan fingerprint density at radius 2 is 1.85 bits per heavy atom. The summed E-state index contributed by atoms with van der Waals surface area (Å²) in [7, 11) is 2.02. The highest BCUT2D eigenvalue weighted by Crippen LogP contribution is 2.25.